The molecule has 1 amide bonds. The first-order valence-corrected chi connectivity index (χ1v) is 12.3. The number of methoxy groups -OCH3 is 1. The van der Waals surface area contributed by atoms with Gasteiger partial charge in [-0.1, -0.05) is 30.3 Å². The SMILES string of the molecule is COc1cc(=O)n2c(c1C(=O)NCc1ccco1)CCN(Cc1cnc(-c3ccccc3)s1)CC2. The Balaban J connectivity index is 1.34. The van der Waals surface area contributed by atoms with Gasteiger partial charge in [-0.05, 0) is 12.1 Å². The lowest BCUT2D eigenvalue weighted by Crippen LogP contribution is -2.31. The lowest BCUT2D eigenvalue weighted by atomic mass is 10.1. The van der Waals surface area contributed by atoms with Crippen LogP contribution in [0.2, 0.25) is 0 Å². The van der Waals surface area contributed by atoms with Crippen molar-refractivity contribution >= 4 is 17.2 Å². The van der Waals surface area contributed by atoms with E-state index in [1.54, 1.807) is 34.3 Å². The molecular formula is C26H26N4O4S. The van der Waals surface area contributed by atoms with Crippen molar-refractivity contribution in [2.24, 2.45) is 0 Å². The van der Waals surface area contributed by atoms with Gasteiger partial charge in [0.1, 0.15) is 22.1 Å². The molecule has 4 heterocycles. The first-order chi connectivity index (χ1) is 17.1. The summed E-state index contributed by atoms with van der Waals surface area (Å²) in [6, 6.07) is 15.1. The average molecular weight is 491 g/mol. The number of fused-ring (bicyclic) bond motifs is 1. The summed E-state index contributed by atoms with van der Waals surface area (Å²) in [5.74, 6) is 0.661. The maximum absolute atomic E-state index is 13.2. The summed E-state index contributed by atoms with van der Waals surface area (Å²) in [5, 5.41) is 3.88. The van der Waals surface area contributed by atoms with Crippen molar-refractivity contribution in [1.29, 1.82) is 0 Å². The van der Waals surface area contributed by atoms with E-state index in [9.17, 15) is 9.59 Å². The highest BCUT2D eigenvalue weighted by Gasteiger charge is 2.25. The highest BCUT2D eigenvalue weighted by Crippen LogP contribution is 2.27. The van der Waals surface area contributed by atoms with Gasteiger partial charge < -0.3 is 19.0 Å². The largest absolute Gasteiger partial charge is 0.496 e. The second-order valence-electron chi connectivity index (χ2n) is 8.31. The van der Waals surface area contributed by atoms with E-state index in [2.05, 4.69) is 27.3 Å². The van der Waals surface area contributed by atoms with Gasteiger partial charge in [0.15, 0.2) is 0 Å². The van der Waals surface area contributed by atoms with Crippen molar-refractivity contribution in [3.05, 3.63) is 93.2 Å². The van der Waals surface area contributed by atoms with Crippen molar-refractivity contribution in [2.45, 2.75) is 26.1 Å². The van der Waals surface area contributed by atoms with Gasteiger partial charge in [-0.2, -0.15) is 0 Å². The summed E-state index contributed by atoms with van der Waals surface area (Å²) >= 11 is 1.68. The van der Waals surface area contributed by atoms with Gasteiger partial charge in [0.2, 0.25) is 0 Å². The van der Waals surface area contributed by atoms with Crippen molar-refractivity contribution < 1.29 is 13.9 Å². The zero-order chi connectivity index (χ0) is 24.2. The van der Waals surface area contributed by atoms with Gasteiger partial charge in [0.05, 0.1) is 19.9 Å². The number of hydrogen-bond donors (Lipinski definition) is 1. The molecule has 0 saturated carbocycles. The summed E-state index contributed by atoms with van der Waals surface area (Å²) in [4.78, 5) is 34.1. The molecule has 8 nitrogen and oxygen atoms in total. The highest BCUT2D eigenvalue weighted by molar-refractivity contribution is 7.15. The van der Waals surface area contributed by atoms with Crippen molar-refractivity contribution in [2.75, 3.05) is 20.2 Å². The number of pyridine rings is 1. The summed E-state index contributed by atoms with van der Waals surface area (Å²) in [6.07, 6.45) is 4.05. The Bertz CT molecular complexity index is 1360. The first-order valence-electron chi connectivity index (χ1n) is 11.5. The van der Waals surface area contributed by atoms with E-state index in [0.717, 1.165) is 22.0 Å². The number of carbonyl (C=O) groups is 1. The van der Waals surface area contributed by atoms with Crippen LogP contribution in [0.5, 0.6) is 5.75 Å². The van der Waals surface area contributed by atoms with Gasteiger partial charge >= 0.3 is 0 Å². The molecule has 0 saturated heterocycles. The van der Waals surface area contributed by atoms with Crippen LogP contribution in [0.3, 0.4) is 0 Å². The van der Waals surface area contributed by atoms with Gasteiger partial charge in [0, 0.05) is 61.0 Å². The molecule has 1 aliphatic rings. The molecule has 0 spiro atoms. The highest BCUT2D eigenvalue weighted by atomic mass is 32.1. The van der Waals surface area contributed by atoms with E-state index in [0.29, 0.717) is 48.8 Å². The van der Waals surface area contributed by atoms with E-state index in [1.807, 2.05) is 24.4 Å². The number of aromatic nitrogens is 2. The predicted molar refractivity (Wildman–Crippen MR) is 134 cm³/mol. The van der Waals surface area contributed by atoms with Crippen LogP contribution in [-0.2, 0) is 26.1 Å². The molecule has 1 aromatic carbocycles. The zero-order valence-corrected chi connectivity index (χ0v) is 20.2. The second-order valence-corrected chi connectivity index (χ2v) is 9.43. The van der Waals surface area contributed by atoms with Crippen LogP contribution in [0.4, 0.5) is 0 Å². The maximum atomic E-state index is 13.2. The normalized spacial score (nSPS) is 13.7. The maximum Gasteiger partial charge on any atom is 0.257 e. The number of rotatable bonds is 7. The summed E-state index contributed by atoms with van der Waals surface area (Å²) in [7, 11) is 1.48. The minimum Gasteiger partial charge on any atom is -0.496 e. The van der Waals surface area contributed by atoms with Crippen LogP contribution >= 0.6 is 11.3 Å². The fraction of sp³-hybridized carbons (Fsp3) is 0.269. The smallest absolute Gasteiger partial charge is 0.257 e. The van der Waals surface area contributed by atoms with Crippen LogP contribution in [0.15, 0.2) is 70.2 Å². The molecule has 35 heavy (non-hydrogen) atoms. The molecule has 0 aliphatic carbocycles. The molecule has 0 bridgehead atoms. The number of hydrogen-bond acceptors (Lipinski definition) is 7. The molecule has 3 aromatic heterocycles. The van der Waals surface area contributed by atoms with Crippen LogP contribution in [0.1, 0.15) is 26.7 Å². The topological polar surface area (TPSA) is 89.6 Å². The van der Waals surface area contributed by atoms with Crippen LogP contribution < -0.4 is 15.6 Å². The second kappa shape index (κ2) is 10.3. The first kappa shape index (κ1) is 23.1. The molecule has 180 valence electrons. The Morgan fingerprint density at radius 1 is 1.17 bits per heavy atom. The molecule has 0 unspecified atom stereocenters. The molecule has 5 rings (SSSR count). The quantitative estimate of drug-likeness (QED) is 0.426. The van der Waals surface area contributed by atoms with Crippen molar-refractivity contribution in [1.82, 2.24) is 19.8 Å². The standard InChI is InChI=1S/C26H26N4O4S/c1-33-22-14-23(31)30-12-11-29(17-20-16-28-26(35-20)18-6-3-2-4-7-18)10-9-21(30)24(22)25(32)27-15-19-8-5-13-34-19/h2-8,13-14,16H,9-12,15,17H2,1H3,(H,27,32). The fourth-order valence-electron chi connectivity index (χ4n) is 4.34. The number of nitrogens with one attached hydrogen (secondary N) is 1. The molecule has 4 aromatic rings. The lowest BCUT2D eigenvalue weighted by molar-refractivity contribution is 0.0942. The third kappa shape index (κ3) is 5.06. The number of carbonyl (C=O) groups excluding carboxylic acids is 1. The Morgan fingerprint density at radius 2 is 2.03 bits per heavy atom. The molecular weight excluding hydrogens is 464 g/mol. The zero-order valence-electron chi connectivity index (χ0n) is 19.4. The number of ether oxygens (including phenoxy) is 1. The van der Waals surface area contributed by atoms with Crippen LogP contribution in [0, 0.1) is 0 Å². The fourth-order valence-corrected chi connectivity index (χ4v) is 5.30. The van der Waals surface area contributed by atoms with E-state index < -0.39 is 0 Å². The lowest BCUT2D eigenvalue weighted by Gasteiger charge is -2.17. The molecule has 9 heteroatoms. The Labute approximate surface area is 206 Å². The van der Waals surface area contributed by atoms with Gasteiger partial charge in [0.25, 0.3) is 11.5 Å². The molecule has 1 N–H and O–H groups in total. The van der Waals surface area contributed by atoms with Crippen molar-refractivity contribution in [3.8, 4) is 16.3 Å². The molecule has 0 radical (unpaired) electrons. The monoisotopic (exact) mass is 490 g/mol. The summed E-state index contributed by atoms with van der Waals surface area (Å²) in [5.41, 5.74) is 2.05. The van der Waals surface area contributed by atoms with E-state index in [4.69, 9.17) is 9.15 Å². The van der Waals surface area contributed by atoms with E-state index >= 15 is 0 Å². The summed E-state index contributed by atoms with van der Waals surface area (Å²) < 4.78 is 12.5. The average Bonchev–Trinajstić information content (AvgIpc) is 3.53. The molecule has 1 aliphatic heterocycles. The Hall–Kier alpha value is -3.69. The number of amides is 1. The number of furan rings is 1. The Morgan fingerprint density at radius 3 is 2.80 bits per heavy atom. The summed E-state index contributed by atoms with van der Waals surface area (Å²) in [6.45, 7) is 2.91. The minimum atomic E-state index is -0.287. The molecule has 0 atom stereocenters. The number of nitrogens with zero attached hydrogens (tertiary/aromatic N) is 3. The van der Waals surface area contributed by atoms with Gasteiger partial charge in [-0.3, -0.25) is 14.5 Å². The van der Waals surface area contributed by atoms with E-state index in [-0.39, 0.29) is 18.0 Å². The van der Waals surface area contributed by atoms with Gasteiger partial charge in [-0.15, -0.1) is 11.3 Å². The van der Waals surface area contributed by atoms with Crippen LogP contribution in [-0.4, -0.2) is 40.6 Å². The van der Waals surface area contributed by atoms with E-state index in [1.165, 1.54) is 13.2 Å². The number of thiazole rings is 1. The number of benzene rings is 1. The van der Waals surface area contributed by atoms with Crippen LogP contribution in [0.25, 0.3) is 10.6 Å². The Kier molecular flexibility index (Phi) is 6.78. The predicted octanol–water partition coefficient (Wildman–Crippen LogP) is 3.56. The minimum absolute atomic E-state index is 0.162. The third-order valence-corrected chi connectivity index (χ3v) is 7.12. The third-order valence-electron chi connectivity index (χ3n) is 6.09. The molecule has 0 fully saturated rings. The van der Waals surface area contributed by atoms with Gasteiger partial charge in [-0.25, -0.2) is 4.98 Å². The van der Waals surface area contributed by atoms with Crippen molar-refractivity contribution in [3.63, 3.8) is 0 Å².